The number of rotatable bonds is 4. The summed E-state index contributed by atoms with van der Waals surface area (Å²) >= 11 is 0. The Labute approximate surface area is 114 Å². The van der Waals surface area contributed by atoms with Crippen LogP contribution in [0.3, 0.4) is 0 Å². The molecule has 0 bridgehead atoms. The van der Waals surface area contributed by atoms with E-state index in [0.29, 0.717) is 11.9 Å². The molecule has 0 radical (unpaired) electrons. The average molecular weight is 258 g/mol. The largest absolute Gasteiger partial charge is 0.399 e. The molecule has 1 aromatic carbocycles. The fourth-order valence-electron chi connectivity index (χ4n) is 2.68. The van der Waals surface area contributed by atoms with Crippen molar-refractivity contribution in [3.8, 4) is 0 Å². The molecule has 2 aliphatic carbocycles. The minimum absolute atomic E-state index is 0.214. The Bertz CT molecular complexity index is 488. The van der Waals surface area contributed by atoms with Crippen molar-refractivity contribution in [2.45, 2.75) is 45.7 Å². The highest BCUT2D eigenvalue weighted by atomic mass is 16.2. The van der Waals surface area contributed by atoms with Crippen molar-refractivity contribution in [3.63, 3.8) is 0 Å². The Morgan fingerprint density at radius 1 is 1.32 bits per heavy atom. The van der Waals surface area contributed by atoms with Crippen LogP contribution in [0.4, 0.5) is 5.69 Å². The first-order valence-corrected chi connectivity index (χ1v) is 7.12. The van der Waals surface area contributed by atoms with E-state index in [1.165, 1.54) is 5.56 Å². The highest BCUT2D eigenvalue weighted by molar-refractivity contribution is 5.83. The van der Waals surface area contributed by atoms with Gasteiger partial charge in [0.2, 0.25) is 5.91 Å². The van der Waals surface area contributed by atoms with Gasteiger partial charge in [-0.3, -0.25) is 4.79 Å². The first-order chi connectivity index (χ1) is 8.97. The van der Waals surface area contributed by atoms with Crippen LogP contribution >= 0.6 is 0 Å². The number of hydrogen-bond donors (Lipinski definition) is 1. The molecule has 1 atom stereocenters. The van der Waals surface area contributed by atoms with Crippen LogP contribution in [0.25, 0.3) is 0 Å². The lowest BCUT2D eigenvalue weighted by molar-refractivity contribution is -0.134. The second kappa shape index (κ2) is 4.26. The Kier molecular flexibility index (Phi) is 2.80. The van der Waals surface area contributed by atoms with E-state index in [2.05, 4.69) is 18.7 Å². The van der Waals surface area contributed by atoms with Crippen LogP contribution in [0, 0.1) is 11.3 Å². The molecule has 2 N–H and O–H groups in total. The molecule has 0 heterocycles. The molecule has 2 fully saturated rings. The van der Waals surface area contributed by atoms with Crippen LogP contribution in [0.5, 0.6) is 0 Å². The number of carbonyl (C=O) groups is 1. The third-order valence-electron chi connectivity index (χ3n) is 4.41. The van der Waals surface area contributed by atoms with Gasteiger partial charge in [0.05, 0.1) is 0 Å². The summed E-state index contributed by atoms with van der Waals surface area (Å²) in [5, 5.41) is 0. The molecule has 0 spiro atoms. The standard InChI is InChI=1S/C16H22N2O/c1-16(2)9-14(16)15(19)18(13-7-8-13)10-11-3-5-12(17)6-4-11/h3-6,13-14H,7-10,17H2,1-2H3. The lowest BCUT2D eigenvalue weighted by Crippen LogP contribution is -2.34. The monoisotopic (exact) mass is 258 g/mol. The number of amides is 1. The molecule has 2 saturated carbocycles. The number of benzene rings is 1. The molecule has 102 valence electrons. The predicted octanol–water partition coefficient (Wildman–Crippen LogP) is 2.81. The van der Waals surface area contributed by atoms with Gasteiger partial charge >= 0.3 is 0 Å². The second-order valence-corrected chi connectivity index (χ2v) is 6.68. The molecule has 1 amide bonds. The van der Waals surface area contributed by atoms with E-state index >= 15 is 0 Å². The van der Waals surface area contributed by atoms with E-state index in [1.54, 1.807) is 0 Å². The Morgan fingerprint density at radius 2 is 1.89 bits per heavy atom. The van der Waals surface area contributed by atoms with Gasteiger partial charge in [-0.1, -0.05) is 26.0 Å². The third kappa shape index (κ3) is 2.60. The smallest absolute Gasteiger partial charge is 0.226 e. The van der Waals surface area contributed by atoms with E-state index in [1.807, 2.05) is 24.3 Å². The van der Waals surface area contributed by atoms with Crippen LogP contribution in [0.2, 0.25) is 0 Å². The average Bonchev–Trinajstić information content (AvgIpc) is 3.25. The van der Waals surface area contributed by atoms with Gasteiger partial charge in [0.15, 0.2) is 0 Å². The van der Waals surface area contributed by atoms with Crippen molar-refractivity contribution in [1.29, 1.82) is 0 Å². The zero-order valence-electron chi connectivity index (χ0n) is 11.7. The maximum absolute atomic E-state index is 12.6. The van der Waals surface area contributed by atoms with Crippen LogP contribution < -0.4 is 5.73 Å². The summed E-state index contributed by atoms with van der Waals surface area (Å²) < 4.78 is 0. The number of anilines is 1. The number of nitrogens with zero attached hydrogens (tertiary/aromatic N) is 1. The first-order valence-electron chi connectivity index (χ1n) is 7.12. The lowest BCUT2D eigenvalue weighted by atomic mass is 10.1. The second-order valence-electron chi connectivity index (χ2n) is 6.68. The van der Waals surface area contributed by atoms with Crippen LogP contribution in [0.1, 0.15) is 38.7 Å². The fraction of sp³-hybridized carbons (Fsp3) is 0.562. The van der Waals surface area contributed by atoms with Gasteiger partial charge in [-0.2, -0.15) is 0 Å². The molecule has 3 nitrogen and oxygen atoms in total. The van der Waals surface area contributed by atoms with Crippen LogP contribution in [-0.2, 0) is 11.3 Å². The van der Waals surface area contributed by atoms with Crippen molar-refractivity contribution in [2.24, 2.45) is 11.3 Å². The lowest BCUT2D eigenvalue weighted by Gasteiger charge is -2.23. The highest BCUT2D eigenvalue weighted by Crippen LogP contribution is 2.53. The van der Waals surface area contributed by atoms with Gasteiger partial charge in [0.25, 0.3) is 0 Å². The van der Waals surface area contributed by atoms with Gasteiger partial charge in [-0.25, -0.2) is 0 Å². The Balaban J connectivity index is 1.71. The topological polar surface area (TPSA) is 46.3 Å². The van der Waals surface area contributed by atoms with E-state index in [4.69, 9.17) is 5.73 Å². The first kappa shape index (κ1) is 12.5. The molecule has 0 aliphatic heterocycles. The molecule has 3 heteroatoms. The van der Waals surface area contributed by atoms with Crippen molar-refractivity contribution in [1.82, 2.24) is 4.90 Å². The van der Waals surface area contributed by atoms with Gasteiger partial charge < -0.3 is 10.6 Å². The molecule has 2 aliphatic rings. The molecule has 1 unspecified atom stereocenters. The Hall–Kier alpha value is -1.51. The molecule has 3 rings (SSSR count). The van der Waals surface area contributed by atoms with Crippen LogP contribution in [0.15, 0.2) is 24.3 Å². The quantitative estimate of drug-likeness (QED) is 0.844. The van der Waals surface area contributed by atoms with E-state index in [0.717, 1.165) is 31.5 Å². The summed E-state index contributed by atoms with van der Waals surface area (Å²) in [6.45, 7) is 5.10. The summed E-state index contributed by atoms with van der Waals surface area (Å²) in [4.78, 5) is 14.7. The molecular weight excluding hydrogens is 236 g/mol. The van der Waals surface area contributed by atoms with Gasteiger partial charge in [0, 0.05) is 24.2 Å². The van der Waals surface area contributed by atoms with Crippen molar-refractivity contribution in [3.05, 3.63) is 29.8 Å². The molecule has 0 aromatic heterocycles. The predicted molar refractivity (Wildman–Crippen MR) is 76.3 cm³/mol. The summed E-state index contributed by atoms with van der Waals surface area (Å²) in [6.07, 6.45) is 3.36. The van der Waals surface area contributed by atoms with Crippen molar-refractivity contribution >= 4 is 11.6 Å². The number of nitrogen functional groups attached to an aromatic ring is 1. The van der Waals surface area contributed by atoms with Crippen LogP contribution in [-0.4, -0.2) is 16.8 Å². The normalized spacial score (nSPS) is 24.0. The van der Waals surface area contributed by atoms with Crippen molar-refractivity contribution < 1.29 is 4.79 Å². The number of nitrogens with two attached hydrogens (primary N) is 1. The minimum Gasteiger partial charge on any atom is -0.399 e. The SMILES string of the molecule is CC1(C)CC1C(=O)N(Cc1ccc(N)cc1)C1CC1. The fourth-order valence-corrected chi connectivity index (χ4v) is 2.68. The van der Waals surface area contributed by atoms with E-state index in [9.17, 15) is 4.79 Å². The molecule has 1 aromatic rings. The molecular formula is C16H22N2O. The summed E-state index contributed by atoms with van der Waals surface area (Å²) in [5.41, 5.74) is 7.86. The zero-order valence-corrected chi connectivity index (χ0v) is 11.7. The van der Waals surface area contributed by atoms with Crippen molar-refractivity contribution in [2.75, 3.05) is 5.73 Å². The van der Waals surface area contributed by atoms with Gasteiger partial charge in [-0.15, -0.1) is 0 Å². The zero-order chi connectivity index (χ0) is 13.6. The minimum atomic E-state index is 0.214. The maximum atomic E-state index is 12.6. The number of hydrogen-bond acceptors (Lipinski definition) is 2. The molecule has 0 saturated heterocycles. The highest BCUT2D eigenvalue weighted by Gasteiger charge is 2.53. The number of carbonyl (C=O) groups excluding carboxylic acids is 1. The van der Waals surface area contributed by atoms with E-state index < -0.39 is 0 Å². The maximum Gasteiger partial charge on any atom is 0.226 e. The van der Waals surface area contributed by atoms with E-state index in [-0.39, 0.29) is 11.3 Å². The third-order valence-corrected chi connectivity index (χ3v) is 4.41. The van der Waals surface area contributed by atoms with Gasteiger partial charge in [-0.05, 0) is 42.4 Å². The molecule has 19 heavy (non-hydrogen) atoms. The summed E-state index contributed by atoms with van der Waals surface area (Å²) in [6, 6.07) is 8.34. The summed E-state index contributed by atoms with van der Waals surface area (Å²) in [7, 11) is 0. The van der Waals surface area contributed by atoms with Gasteiger partial charge in [0.1, 0.15) is 0 Å². The summed E-state index contributed by atoms with van der Waals surface area (Å²) in [5.74, 6) is 0.589. The Morgan fingerprint density at radius 3 is 2.37 bits per heavy atom.